The molecule has 49 heavy (non-hydrogen) atoms. The summed E-state index contributed by atoms with van der Waals surface area (Å²) in [5.74, 6) is 1.68. The molecule has 2 aliphatic rings. The second-order valence-electron chi connectivity index (χ2n) is 15.4. The first-order valence-electron chi connectivity index (χ1n) is 17.3. The molecule has 2 amide bonds. The van der Waals surface area contributed by atoms with Crippen molar-refractivity contribution in [3.8, 4) is 22.4 Å². The monoisotopic (exact) mass is 668 g/mol. The van der Waals surface area contributed by atoms with Gasteiger partial charge in [-0.3, -0.25) is 9.89 Å². The van der Waals surface area contributed by atoms with Crippen LogP contribution in [0.25, 0.3) is 28.1 Å². The lowest BCUT2D eigenvalue weighted by Crippen LogP contribution is -2.41. The zero-order valence-corrected chi connectivity index (χ0v) is 30.2. The fraction of sp³-hybridized carbons (Fsp3) is 0.487. The quantitative estimate of drug-likeness (QED) is 0.149. The van der Waals surface area contributed by atoms with Gasteiger partial charge in [-0.1, -0.05) is 62.4 Å². The number of H-pyrrole nitrogens is 1. The summed E-state index contributed by atoms with van der Waals surface area (Å²) in [7, 11) is 0. The van der Waals surface area contributed by atoms with Crippen molar-refractivity contribution in [1.82, 2.24) is 25.1 Å². The summed E-state index contributed by atoms with van der Waals surface area (Å²) in [6, 6.07) is 16.9. The Labute approximate surface area is 291 Å². The average Bonchev–Trinajstić information content (AvgIpc) is 3.88. The van der Waals surface area contributed by atoms with Crippen LogP contribution in [0.5, 0.6) is 0 Å². The smallest absolute Gasteiger partial charge is 0.410 e. The fourth-order valence-electron chi connectivity index (χ4n) is 5.82. The highest BCUT2D eigenvalue weighted by molar-refractivity contribution is 5.73. The molecule has 1 unspecified atom stereocenters. The maximum atomic E-state index is 12.9. The summed E-state index contributed by atoms with van der Waals surface area (Å²) in [5.41, 5.74) is 4.55. The molecule has 2 aliphatic carbocycles. The Bertz CT molecular complexity index is 1650. The minimum Gasteiger partial charge on any atom is -0.444 e. The molecular formula is C39H52N6O4. The average molecular weight is 669 g/mol. The largest absolute Gasteiger partial charge is 0.444 e. The van der Waals surface area contributed by atoms with Gasteiger partial charge in [0.25, 0.3) is 0 Å². The van der Waals surface area contributed by atoms with Crippen molar-refractivity contribution in [3.63, 3.8) is 0 Å². The molecule has 2 saturated carbocycles. The van der Waals surface area contributed by atoms with Gasteiger partial charge >= 0.3 is 12.2 Å². The number of aromatic nitrogens is 2. The maximum absolute atomic E-state index is 12.9. The lowest BCUT2D eigenvalue weighted by molar-refractivity contribution is 0.0199. The molecule has 262 valence electrons. The van der Waals surface area contributed by atoms with E-state index in [9.17, 15) is 9.59 Å². The van der Waals surface area contributed by atoms with Gasteiger partial charge in [-0.2, -0.15) is 0 Å². The van der Waals surface area contributed by atoms with Crippen LogP contribution in [0.1, 0.15) is 79.6 Å². The molecule has 5 rings (SSSR count). The Morgan fingerprint density at radius 3 is 1.88 bits per heavy atom. The zero-order chi connectivity index (χ0) is 35.5. The van der Waals surface area contributed by atoms with E-state index < -0.39 is 11.2 Å². The van der Waals surface area contributed by atoms with Gasteiger partial charge in [0.1, 0.15) is 17.0 Å². The van der Waals surface area contributed by atoms with Crippen LogP contribution in [0.3, 0.4) is 0 Å². The Morgan fingerprint density at radius 2 is 1.37 bits per heavy atom. The van der Waals surface area contributed by atoms with Crippen molar-refractivity contribution in [2.45, 2.75) is 98.1 Å². The van der Waals surface area contributed by atoms with Crippen LogP contribution < -0.4 is 5.32 Å². The van der Waals surface area contributed by atoms with Crippen molar-refractivity contribution in [1.29, 1.82) is 0 Å². The van der Waals surface area contributed by atoms with E-state index in [1.807, 2.05) is 71.0 Å². The van der Waals surface area contributed by atoms with Crippen molar-refractivity contribution in [3.05, 3.63) is 72.3 Å². The molecule has 3 aromatic rings. The maximum Gasteiger partial charge on any atom is 0.410 e. The normalized spacial score (nSPS) is 20.3. The Kier molecular flexibility index (Phi) is 10.6. The second kappa shape index (κ2) is 14.5. The fourth-order valence-corrected chi connectivity index (χ4v) is 5.82. The predicted molar refractivity (Wildman–Crippen MR) is 195 cm³/mol. The highest BCUT2D eigenvalue weighted by Crippen LogP contribution is 2.37. The predicted octanol–water partition coefficient (Wildman–Crippen LogP) is 8.12. The lowest BCUT2D eigenvalue weighted by Gasteiger charge is -2.27. The molecule has 0 aliphatic heterocycles. The van der Waals surface area contributed by atoms with Gasteiger partial charge in [0.2, 0.25) is 0 Å². The van der Waals surface area contributed by atoms with E-state index >= 15 is 0 Å². The highest BCUT2D eigenvalue weighted by atomic mass is 16.6. The van der Waals surface area contributed by atoms with E-state index in [2.05, 4.69) is 72.3 Å². The van der Waals surface area contributed by atoms with E-state index in [1.165, 1.54) is 0 Å². The molecule has 2 N–H and O–H groups in total. The Morgan fingerprint density at radius 1 is 0.878 bits per heavy atom. The molecule has 0 bridgehead atoms. The van der Waals surface area contributed by atoms with Crippen molar-refractivity contribution in [2.24, 2.45) is 16.8 Å². The zero-order valence-electron chi connectivity index (χ0n) is 30.2. The van der Waals surface area contributed by atoms with Crippen molar-refractivity contribution >= 4 is 24.6 Å². The number of nitrogens with zero attached hydrogens (tertiary/aromatic N) is 4. The highest BCUT2D eigenvalue weighted by Gasteiger charge is 2.43. The minimum atomic E-state index is -0.550. The molecular weight excluding hydrogens is 616 g/mol. The number of nitrogens with one attached hydrogen (secondary N) is 2. The first-order chi connectivity index (χ1) is 23.1. The van der Waals surface area contributed by atoms with Gasteiger partial charge in [0, 0.05) is 48.7 Å². The van der Waals surface area contributed by atoms with E-state index in [4.69, 9.17) is 14.5 Å². The van der Waals surface area contributed by atoms with Crippen LogP contribution in [0.2, 0.25) is 0 Å². The van der Waals surface area contributed by atoms with Gasteiger partial charge < -0.3 is 24.7 Å². The van der Waals surface area contributed by atoms with E-state index in [0.29, 0.717) is 31.5 Å². The number of carbonyl (C=O) groups excluding carboxylic acids is 2. The number of hydrogen-bond donors (Lipinski definition) is 2. The van der Waals surface area contributed by atoms with Crippen LogP contribution in [0, 0.1) is 11.8 Å². The second-order valence-corrected chi connectivity index (χ2v) is 15.4. The van der Waals surface area contributed by atoms with Gasteiger partial charge in [-0.15, -0.1) is 0 Å². The number of aliphatic imine (C=N–C) groups is 1. The number of hydrogen-bond acceptors (Lipinski definition) is 7. The van der Waals surface area contributed by atoms with E-state index in [-0.39, 0.29) is 24.3 Å². The number of carbonyl (C=O) groups is 2. The minimum absolute atomic E-state index is 0.178. The Hall–Kier alpha value is -4.60. The number of benzene rings is 2. The summed E-state index contributed by atoms with van der Waals surface area (Å²) >= 11 is 0. The summed E-state index contributed by atoms with van der Waals surface area (Å²) in [4.78, 5) is 41.6. The van der Waals surface area contributed by atoms with E-state index in [0.717, 1.165) is 52.3 Å². The third kappa shape index (κ3) is 9.74. The lowest BCUT2D eigenvalue weighted by atomic mass is 10.0. The number of imidazole rings is 1. The van der Waals surface area contributed by atoms with Crippen LogP contribution in [0.4, 0.5) is 9.59 Å². The molecule has 2 fully saturated rings. The Balaban J connectivity index is 1.17. The van der Waals surface area contributed by atoms with Gasteiger partial charge in [-0.05, 0) is 84.1 Å². The summed E-state index contributed by atoms with van der Waals surface area (Å²) in [5, 5.41) is 3.31. The molecule has 1 aromatic heterocycles. The number of amides is 2. The molecule has 2 aromatic carbocycles. The molecule has 0 saturated heterocycles. The number of rotatable bonds is 12. The van der Waals surface area contributed by atoms with Crippen molar-refractivity contribution in [2.75, 3.05) is 13.1 Å². The molecule has 1 heterocycles. The summed E-state index contributed by atoms with van der Waals surface area (Å²) in [6.07, 6.45) is 5.14. The topological polar surface area (TPSA) is 112 Å². The van der Waals surface area contributed by atoms with Gasteiger partial charge in [0.05, 0.1) is 17.9 Å². The third-order valence-corrected chi connectivity index (χ3v) is 8.74. The standard InChI is InChI=1S/C39H52N6O4/c1-25-20-33(25)44(36(46)48-38(3,4)5)19-18-41-22-31(40-9)29-14-10-27(11-15-29)28-12-16-30(17-13-28)32-23-42-35(43-32)24-45(34-21-26(34)2)37(47)49-39(6,7)8/h10-17,22-23,25-26,33-34,41H,9,18-21,24H2,1-8H3,(H,42,43)/b31-22-/t25-,26?,33+,34+/m0/s1. The molecule has 4 atom stereocenters. The van der Waals surface area contributed by atoms with Gasteiger partial charge in [-0.25, -0.2) is 14.6 Å². The third-order valence-electron chi connectivity index (χ3n) is 8.74. The van der Waals surface area contributed by atoms with Crippen LogP contribution in [0.15, 0.2) is 65.9 Å². The number of aromatic amines is 1. The molecule has 0 spiro atoms. The van der Waals surface area contributed by atoms with Crippen LogP contribution >= 0.6 is 0 Å². The first kappa shape index (κ1) is 35.7. The molecule has 10 nitrogen and oxygen atoms in total. The van der Waals surface area contributed by atoms with Crippen LogP contribution in [-0.4, -0.2) is 75.0 Å². The van der Waals surface area contributed by atoms with Gasteiger partial charge in [0.15, 0.2) is 0 Å². The SMILES string of the molecule is C=N/C(=C\NCCN(C(=O)OC(C)(C)C)[C@@H]1C[C@@H]1C)c1ccc(-c2ccc(-c3c[nH]c(CN(C(=O)OC(C)(C)C)[C@@H]4CC4C)n3)cc2)cc1. The summed E-state index contributed by atoms with van der Waals surface area (Å²) in [6.45, 7) is 20.9. The van der Waals surface area contributed by atoms with E-state index in [1.54, 1.807) is 4.90 Å². The van der Waals surface area contributed by atoms with Crippen molar-refractivity contribution < 1.29 is 19.1 Å². The first-order valence-corrected chi connectivity index (χ1v) is 17.3. The number of ether oxygens (including phenoxy) is 2. The molecule has 10 heteroatoms. The van der Waals surface area contributed by atoms with Crippen LogP contribution in [-0.2, 0) is 16.0 Å². The molecule has 0 radical (unpaired) electrons. The summed E-state index contributed by atoms with van der Waals surface area (Å²) < 4.78 is 11.3.